The van der Waals surface area contributed by atoms with Gasteiger partial charge in [-0.1, -0.05) is 6.92 Å². The van der Waals surface area contributed by atoms with Gasteiger partial charge in [0, 0.05) is 11.6 Å². The van der Waals surface area contributed by atoms with Crippen molar-refractivity contribution in [2.75, 3.05) is 6.61 Å². The van der Waals surface area contributed by atoms with Crippen LogP contribution in [0.5, 0.6) is 5.75 Å². The number of rotatable bonds is 7. The fraction of sp³-hybridized carbons (Fsp3) is 0.533. The Morgan fingerprint density at radius 1 is 1.39 bits per heavy atom. The smallest absolute Gasteiger partial charge is 0.179 e. The molecule has 1 atom stereocenters. The highest BCUT2D eigenvalue weighted by atomic mass is 16.5. The molecule has 0 bridgehead atoms. The number of Topliss-reactive ketones (excluding diaryl/α,β-unsaturated/α-hetero) is 1. The number of hydrogen-bond acceptors (Lipinski definition) is 3. The highest BCUT2D eigenvalue weighted by molar-refractivity contribution is 5.99. The Balaban J connectivity index is 1.92. The Morgan fingerprint density at radius 2 is 2.06 bits per heavy atom. The van der Waals surface area contributed by atoms with Gasteiger partial charge >= 0.3 is 0 Å². The van der Waals surface area contributed by atoms with E-state index < -0.39 is 0 Å². The molecule has 1 aliphatic rings. The summed E-state index contributed by atoms with van der Waals surface area (Å²) in [6.45, 7) is 4.72. The van der Waals surface area contributed by atoms with Gasteiger partial charge < -0.3 is 10.1 Å². The van der Waals surface area contributed by atoms with Gasteiger partial charge in [-0.15, -0.1) is 0 Å². The fourth-order valence-electron chi connectivity index (χ4n) is 1.86. The summed E-state index contributed by atoms with van der Waals surface area (Å²) in [6.07, 6.45) is 3.38. The number of nitrogens with one attached hydrogen (secondary N) is 1. The molecule has 1 aromatic rings. The maximum absolute atomic E-state index is 12.1. The number of hydrogen-bond donors (Lipinski definition) is 1. The summed E-state index contributed by atoms with van der Waals surface area (Å²) in [5.41, 5.74) is 0.750. The molecule has 2 rings (SSSR count). The molecule has 0 aliphatic heterocycles. The topological polar surface area (TPSA) is 38.3 Å². The molecule has 0 heterocycles. The van der Waals surface area contributed by atoms with Gasteiger partial charge in [0.1, 0.15) is 5.75 Å². The lowest BCUT2D eigenvalue weighted by Crippen LogP contribution is -2.35. The van der Waals surface area contributed by atoms with Gasteiger partial charge in [-0.25, -0.2) is 0 Å². The third-order valence-corrected chi connectivity index (χ3v) is 3.07. The second-order valence-electron chi connectivity index (χ2n) is 4.90. The molecule has 1 saturated carbocycles. The van der Waals surface area contributed by atoms with Crippen molar-refractivity contribution in [3.05, 3.63) is 29.8 Å². The summed E-state index contributed by atoms with van der Waals surface area (Å²) in [5.74, 6) is 0.986. The zero-order valence-electron chi connectivity index (χ0n) is 11.1. The van der Waals surface area contributed by atoms with E-state index in [-0.39, 0.29) is 11.8 Å². The Kier molecular flexibility index (Phi) is 4.37. The molecular formula is C15H21NO2. The lowest BCUT2D eigenvalue weighted by molar-refractivity contribution is 0.0950. The molecule has 1 unspecified atom stereocenters. The minimum absolute atomic E-state index is 0.0973. The summed E-state index contributed by atoms with van der Waals surface area (Å²) in [5, 5.41) is 3.32. The molecule has 1 aliphatic carbocycles. The van der Waals surface area contributed by atoms with Crippen molar-refractivity contribution in [3.63, 3.8) is 0 Å². The van der Waals surface area contributed by atoms with Crippen molar-refractivity contribution in [3.8, 4) is 5.75 Å². The van der Waals surface area contributed by atoms with Gasteiger partial charge in [0.15, 0.2) is 5.78 Å². The second kappa shape index (κ2) is 6.01. The molecule has 18 heavy (non-hydrogen) atoms. The highest BCUT2D eigenvalue weighted by Crippen LogP contribution is 2.20. The molecule has 3 nitrogen and oxygen atoms in total. The number of carbonyl (C=O) groups is 1. The van der Waals surface area contributed by atoms with Crippen LogP contribution in [0, 0.1) is 0 Å². The molecule has 0 saturated heterocycles. The predicted molar refractivity (Wildman–Crippen MR) is 72.2 cm³/mol. The second-order valence-corrected chi connectivity index (χ2v) is 4.90. The van der Waals surface area contributed by atoms with Crippen LogP contribution in [0.2, 0.25) is 0 Å². The molecule has 1 fully saturated rings. The average molecular weight is 247 g/mol. The number of ether oxygens (including phenoxy) is 1. The van der Waals surface area contributed by atoms with Crippen molar-refractivity contribution in [2.45, 2.75) is 45.2 Å². The number of ketones is 1. The molecule has 98 valence electrons. The molecule has 0 aromatic heterocycles. The summed E-state index contributed by atoms with van der Waals surface area (Å²) in [4.78, 5) is 12.1. The first kappa shape index (κ1) is 13.1. The van der Waals surface area contributed by atoms with Crippen molar-refractivity contribution < 1.29 is 9.53 Å². The summed E-state index contributed by atoms with van der Waals surface area (Å²) in [6, 6.07) is 7.88. The van der Waals surface area contributed by atoms with Gasteiger partial charge in [0.05, 0.1) is 12.6 Å². The molecule has 1 N–H and O–H groups in total. The Bertz CT molecular complexity index is 395. The summed E-state index contributed by atoms with van der Waals surface area (Å²) in [7, 11) is 0. The van der Waals surface area contributed by atoms with Crippen LogP contribution in [-0.4, -0.2) is 24.5 Å². The van der Waals surface area contributed by atoms with E-state index in [0.717, 1.165) is 17.7 Å². The molecule has 0 spiro atoms. The lowest BCUT2D eigenvalue weighted by atomic mass is 10.1. The minimum Gasteiger partial charge on any atom is -0.494 e. The normalized spacial score (nSPS) is 16.3. The van der Waals surface area contributed by atoms with E-state index in [1.54, 1.807) is 0 Å². The van der Waals surface area contributed by atoms with E-state index in [9.17, 15) is 4.79 Å². The van der Waals surface area contributed by atoms with Crippen molar-refractivity contribution in [1.82, 2.24) is 5.32 Å². The zero-order chi connectivity index (χ0) is 13.0. The number of benzene rings is 1. The molecule has 0 amide bonds. The predicted octanol–water partition coefficient (Wildman–Crippen LogP) is 2.80. The molecular weight excluding hydrogens is 226 g/mol. The monoisotopic (exact) mass is 247 g/mol. The van der Waals surface area contributed by atoms with Crippen LogP contribution >= 0.6 is 0 Å². The van der Waals surface area contributed by atoms with Crippen LogP contribution in [-0.2, 0) is 0 Å². The van der Waals surface area contributed by atoms with E-state index in [2.05, 4.69) is 12.2 Å². The standard InChI is InChI=1S/C15H21NO2/c1-3-10-18-14-8-4-12(5-9-14)15(17)11(2)16-13-6-7-13/h4-5,8-9,11,13,16H,3,6-7,10H2,1-2H3. The van der Waals surface area contributed by atoms with Gasteiger partial charge in [-0.2, -0.15) is 0 Å². The van der Waals surface area contributed by atoms with E-state index in [0.29, 0.717) is 12.6 Å². The highest BCUT2D eigenvalue weighted by Gasteiger charge is 2.26. The summed E-state index contributed by atoms with van der Waals surface area (Å²) >= 11 is 0. The SMILES string of the molecule is CCCOc1ccc(C(=O)C(C)NC2CC2)cc1. The van der Waals surface area contributed by atoms with Gasteiger partial charge in [-0.05, 0) is 50.5 Å². The first-order chi connectivity index (χ1) is 8.70. The van der Waals surface area contributed by atoms with E-state index in [4.69, 9.17) is 4.74 Å². The average Bonchev–Trinajstić information content (AvgIpc) is 3.20. The quantitative estimate of drug-likeness (QED) is 0.753. The molecule has 3 heteroatoms. The van der Waals surface area contributed by atoms with Crippen molar-refractivity contribution in [1.29, 1.82) is 0 Å². The van der Waals surface area contributed by atoms with Crippen LogP contribution in [0.3, 0.4) is 0 Å². The van der Waals surface area contributed by atoms with Gasteiger partial charge in [0.25, 0.3) is 0 Å². The largest absolute Gasteiger partial charge is 0.494 e. The Morgan fingerprint density at radius 3 is 2.61 bits per heavy atom. The molecule has 1 aromatic carbocycles. The Hall–Kier alpha value is -1.35. The maximum Gasteiger partial charge on any atom is 0.179 e. The lowest BCUT2D eigenvalue weighted by Gasteiger charge is -2.12. The first-order valence-electron chi connectivity index (χ1n) is 6.74. The van der Waals surface area contributed by atoms with Crippen LogP contribution in [0.4, 0.5) is 0 Å². The summed E-state index contributed by atoms with van der Waals surface area (Å²) < 4.78 is 5.50. The van der Waals surface area contributed by atoms with E-state index >= 15 is 0 Å². The number of carbonyl (C=O) groups excluding carboxylic acids is 1. The molecule has 0 radical (unpaired) electrons. The first-order valence-corrected chi connectivity index (χ1v) is 6.74. The Labute approximate surface area is 109 Å². The maximum atomic E-state index is 12.1. The van der Waals surface area contributed by atoms with Crippen LogP contribution in [0.15, 0.2) is 24.3 Å². The van der Waals surface area contributed by atoms with E-state index in [1.807, 2.05) is 31.2 Å². The van der Waals surface area contributed by atoms with Crippen LogP contribution < -0.4 is 10.1 Å². The van der Waals surface area contributed by atoms with Crippen LogP contribution in [0.25, 0.3) is 0 Å². The van der Waals surface area contributed by atoms with Crippen molar-refractivity contribution >= 4 is 5.78 Å². The van der Waals surface area contributed by atoms with Crippen LogP contribution in [0.1, 0.15) is 43.5 Å². The van der Waals surface area contributed by atoms with Gasteiger partial charge in [0.2, 0.25) is 0 Å². The zero-order valence-corrected chi connectivity index (χ0v) is 11.1. The third kappa shape index (κ3) is 3.57. The third-order valence-electron chi connectivity index (χ3n) is 3.07. The van der Waals surface area contributed by atoms with Crippen molar-refractivity contribution in [2.24, 2.45) is 0 Å². The minimum atomic E-state index is -0.0973. The van der Waals surface area contributed by atoms with E-state index in [1.165, 1.54) is 12.8 Å². The van der Waals surface area contributed by atoms with Gasteiger partial charge in [-0.3, -0.25) is 4.79 Å². The fourth-order valence-corrected chi connectivity index (χ4v) is 1.86.